The predicted octanol–water partition coefficient (Wildman–Crippen LogP) is 2.90. The second kappa shape index (κ2) is 6.83. The van der Waals surface area contributed by atoms with Gasteiger partial charge in [-0.25, -0.2) is 19.7 Å². The molecule has 6 heteroatoms. The molecule has 3 rings (SSSR count). The number of carbonyl (C=O) groups excluding carboxylic acids is 1. The van der Waals surface area contributed by atoms with Crippen molar-refractivity contribution in [3.8, 4) is 11.1 Å². The number of ether oxygens (including phenoxy) is 1. The summed E-state index contributed by atoms with van der Waals surface area (Å²) in [7, 11) is 0. The van der Waals surface area contributed by atoms with Crippen LogP contribution in [0.4, 0.5) is 0 Å². The standard InChI is InChI=1S/C17H15N3O3/c1-2-22-17(21)14-11-23-16(20-14)8-15-18-9-13(10-19-15)12-6-4-3-5-7-12/h3-7,9-11H,2,8H2,1H3. The Morgan fingerprint density at radius 2 is 1.87 bits per heavy atom. The Bertz CT molecular complexity index is 782. The summed E-state index contributed by atoms with van der Waals surface area (Å²) in [5, 5.41) is 0. The van der Waals surface area contributed by atoms with Crippen molar-refractivity contribution in [3.05, 3.63) is 66.4 Å². The van der Waals surface area contributed by atoms with Gasteiger partial charge in [0.2, 0.25) is 5.89 Å². The van der Waals surface area contributed by atoms with Gasteiger partial charge in [-0.05, 0) is 12.5 Å². The zero-order chi connectivity index (χ0) is 16.1. The third kappa shape index (κ3) is 3.60. The maximum atomic E-state index is 11.5. The highest BCUT2D eigenvalue weighted by Gasteiger charge is 2.14. The van der Waals surface area contributed by atoms with E-state index in [0.717, 1.165) is 11.1 Å². The first-order chi connectivity index (χ1) is 11.3. The van der Waals surface area contributed by atoms with Gasteiger partial charge < -0.3 is 9.15 Å². The van der Waals surface area contributed by atoms with Crippen LogP contribution in [0, 0.1) is 0 Å². The lowest BCUT2D eigenvalue weighted by molar-refractivity contribution is 0.0519. The molecule has 0 spiro atoms. The highest BCUT2D eigenvalue weighted by Crippen LogP contribution is 2.17. The molecule has 0 aliphatic heterocycles. The number of aromatic nitrogens is 3. The average Bonchev–Trinajstić information content (AvgIpc) is 3.05. The molecule has 0 amide bonds. The van der Waals surface area contributed by atoms with E-state index in [1.807, 2.05) is 30.3 Å². The molecule has 0 bridgehead atoms. The van der Waals surface area contributed by atoms with E-state index in [0.29, 0.717) is 24.7 Å². The summed E-state index contributed by atoms with van der Waals surface area (Å²) in [6.07, 6.45) is 5.11. The molecule has 2 heterocycles. The van der Waals surface area contributed by atoms with Gasteiger partial charge >= 0.3 is 5.97 Å². The molecular weight excluding hydrogens is 294 g/mol. The molecule has 23 heavy (non-hydrogen) atoms. The number of carbonyl (C=O) groups is 1. The number of nitrogens with zero attached hydrogens (tertiary/aromatic N) is 3. The van der Waals surface area contributed by atoms with Gasteiger partial charge in [0.05, 0.1) is 13.0 Å². The number of esters is 1. The first-order valence-electron chi connectivity index (χ1n) is 7.24. The summed E-state index contributed by atoms with van der Waals surface area (Å²) in [5.41, 5.74) is 2.15. The van der Waals surface area contributed by atoms with Crippen molar-refractivity contribution >= 4 is 5.97 Å². The third-order valence-electron chi connectivity index (χ3n) is 3.16. The Labute approximate surface area is 133 Å². The number of hydrogen-bond donors (Lipinski definition) is 0. The molecule has 2 aromatic heterocycles. The highest BCUT2D eigenvalue weighted by atomic mass is 16.5. The molecule has 0 aliphatic rings. The molecule has 0 unspecified atom stereocenters. The summed E-state index contributed by atoms with van der Waals surface area (Å²) in [6.45, 7) is 2.03. The van der Waals surface area contributed by atoms with Crippen LogP contribution in [0.5, 0.6) is 0 Å². The van der Waals surface area contributed by atoms with E-state index in [9.17, 15) is 4.79 Å². The Morgan fingerprint density at radius 1 is 1.13 bits per heavy atom. The smallest absolute Gasteiger partial charge is 0.360 e. The molecule has 0 saturated heterocycles. The fourth-order valence-electron chi connectivity index (χ4n) is 2.05. The maximum Gasteiger partial charge on any atom is 0.360 e. The number of oxazole rings is 1. The molecule has 0 atom stereocenters. The quantitative estimate of drug-likeness (QED) is 0.674. The lowest BCUT2D eigenvalue weighted by atomic mass is 10.1. The van der Waals surface area contributed by atoms with Gasteiger partial charge in [0.1, 0.15) is 12.1 Å². The van der Waals surface area contributed by atoms with E-state index in [4.69, 9.17) is 9.15 Å². The van der Waals surface area contributed by atoms with Crippen molar-refractivity contribution in [1.29, 1.82) is 0 Å². The van der Waals surface area contributed by atoms with Crippen molar-refractivity contribution < 1.29 is 13.9 Å². The Kier molecular flexibility index (Phi) is 4.42. The molecule has 0 fully saturated rings. The second-order valence-electron chi connectivity index (χ2n) is 4.78. The summed E-state index contributed by atoms with van der Waals surface area (Å²) < 4.78 is 10.1. The number of benzene rings is 1. The summed E-state index contributed by atoms with van der Waals surface area (Å²) >= 11 is 0. The van der Waals surface area contributed by atoms with E-state index >= 15 is 0 Å². The van der Waals surface area contributed by atoms with Crippen molar-refractivity contribution in [3.63, 3.8) is 0 Å². The van der Waals surface area contributed by atoms with E-state index in [-0.39, 0.29) is 5.69 Å². The van der Waals surface area contributed by atoms with Crippen LogP contribution in [0.3, 0.4) is 0 Å². The van der Waals surface area contributed by atoms with Crippen LogP contribution in [0.1, 0.15) is 29.1 Å². The molecule has 0 saturated carbocycles. The topological polar surface area (TPSA) is 78.1 Å². The van der Waals surface area contributed by atoms with Crippen LogP contribution >= 0.6 is 0 Å². The summed E-state index contributed by atoms with van der Waals surface area (Å²) in [5.74, 6) is 0.449. The minimum absolute atomic E-state index is 0.155. The van der Waals surface area contributed by atoms with E-state index in [1.54, 1.807) is 19.3 Å². The van der Waals surface area contributed by atoms with Gasteiger partial charge in [-0.2, -0.15) is 0 Å². The van der Waals surface area contributed by atoms with E-state index in [2.05, 4.69) is 15.0 Å². The first-order valence-corrected chi connectivity index (χ1v) is 7.24. The van der Waals surface area contributed by atoms with Crippen LogP contribution in [0.15, 0.2) is 53.4 Å². The molecule has 1 aromatic carbocycles. The monoisotopic (exact) mass is 309 g/mol. The maximum absolute atomic E-state index is 11.5. The van der Waals surface area contributed by atoms with Crippen molar-refractivity contribution in [1.82, 2.24) is 15.0 Å². The molecule has 0 N–H and O–H groups in total. The highest BCUT2D eigenvalue weighted by molar-refractivity contribution is 5.86. The first kappa shape index (κ1) is 14.9. The number of hydrogen-bond acceptors (Lipinski definition) is 6. The SMILES string of the molecule is CCOC(=O)c1coc(Cc2ncc(-c3ccccc3)cn2)n1. The van der Waals surface area contributed by atoms with Crippen LogP contribution in [-0.4, -0.2) is 27.5 Å². The van der Waals surface area contributed by atoms with Crippen LogP contribution in [-0.2, 0) is 11.2 Å². The Morgan fingerprint density at radius 3 is 2.57 bits per heavy atom. The van der Waals surface area contributed by atoms with E-state index < -0.39 is 5.97 Å². The molecule has 0 radical (unpaired) electrons. The second-order valence-corrected chi connectivity index (χ2v) is 4.78. The van der Waals surface area contributed by atoms with Crippen molar-refractivity contribution in [2.45, 2.75) is 13.3 Å². The molecule has 0 aliphatic carbocycles. The average molecular weight is 309 g/mol. The summed E-state index contributed by atoms with van der Waals surface area (Å²) in [6, 6.07) is 9.89. The minimum atomic E-state index is -0.497. The Balaban J connectivity index is 1.70. The van der Waals surface area contributed by atoms with Gasteiger partial charge in [-0.3, -0.25) is 0 Å². The summed E-state index contributed by atoms with van der Waals surface area (Å²) in [4.78, 5) is 24.2. The third-order valence-corrected chi connectivity index (χ3v) is 3.16. The molecule has 6 nitrogen and oxygen atoms in total. The lowest BCUT2D eigenvalue weighted by Crippen LogP contribution is -2.05. The van der Waals surface area contributed by atoms with Crippen LogP contribution < -0.4 is 0 Å². The molecule has 3 aromatic rings. The minimum Gasteiger partial charge on any atom is -0.461 e. The van der Waals surface area contributed by atoms with E-state index in [1.165, 1.54) is 6.26 Å². The largest absolute Gasteiger partial charge is 0.461 e. The van der Waals surface area contributed by atoms with Crippen molar-refractivity contribution in [2.24, 2.45) is 0 Å². The van der Waals surface area contributed by atoms with Gasteiger partial charge in [0.25, 0.3) is 0 Å². The zero-order valence-electron chi connectivity index (χ0n) is 12.6. The fraction of sp³-hybridized carbons (Fsp3) is 0.176. The van der Waals surface area contributed by atoms with Crippen LogP contribution in [0.25, 0.3) is 11.1 Å². The Hall–Kier alpha value is -3.02. The fourth-order valence-corrected chi connectivity index (χ4v) is 2.05. The molecular formula is C17H15N3O3. The van der Waals surface area contributed by atoms with Gasteiger partial charge in [-0.15, -0.1) is 0 Å². The van der Waals surface area contributed by atoms with Gasteiger partial charge in [0.15, 0.2) is 5.69 Å². The van der Waals surface area contributed by atoms with Crippen molar-refractivity contribution in [2.75, 3.05) is 6.61 Å². The molecule has 116 valence electrons. The number of rotatable bonds is 5. The predicted molar refractivity (Wildman–Crippen MR) is 82.7 cm³/mol. The normalized spacial score (nSPS) is 10.5. The lowest BCUT2D eigenvalue weighted by Gasteiger charge is -2.01. The van der Waals surface area contributed by atoms with Gasteiger partial charge in [0, 0.05) is 18.0 Å². The van der Waals surface area contributed by atoms with Crippen LogP contribution in [0.2, 0.25) is 0 Å². The van der Waals surface area contributed by atoms with Gasteiger partial charge in [-0.1, -0.05) is 30.3 Å². The zero-order valence-corrected chi connectivity index (χ0v) is 12.6.